The van der Waals surface area contributed by atoms with Crippen molar-refractivity contribution in [1.29, 1.82) is 0 Å². The summed E-state index contributed by atoms with van der Waals surface area (Å²) in [5, 5.41) is 168. The number of aliphatic hydroxyl groups is 16. The average Bonchev–Trinajstić information content (AvgIpc) is 3.26. The third-order valence-corrected chi connectivity index (χ3v) is 10.7. The Morgan fingerprint density at radius 1 is 0.429 bits per heavy atom. The van der Waals surface area contributed by atoms with Gasteiger partial charge in [-0.2, -0.15) is 0 Å². The van der Waals surface area contributed by atoms with Crippen LogP contribution in [-0.4, -0.2) is 274 Å². The molecule has 7 rings (SSSR count). The molecule has 0 saturated carbocycles. The standard InChI is InChI=1S/C35H58O28/c36-4-1-11-7-17(42)56-12(2-5-37)18(43)23(48)31(53)57-13(3-6-38)19(44)24(49)32(54)61-28-14(8-39)59-34(26(51)20(28)45)63-30-16(10-41)60-35(27(52)22(30)47)62-29-15(9-40)58-33(55-11)25(50)21(29)46/h11-16,18,20-30,32-41,43,45-52,54H,1-10H2. The summed E-state index contributed by atoms with van der Waals surface area (Å²) in [4.78, 5) is 39.3. The molecule has 0 aromatic carbocycles. The van der Waals surface area contributed by atoms with Crippen molar-refractivity contribution in [3.63, 3.8) is 0 Å². The maximum atomic E-state index is 13.2. The number of hydrogen-bond acceptors (Lipinski definition) is 28. The lowest BCUT2D eigenvalue weighted by Crippen LogP contribution is -2.67. The van der Waals surface area contributed by atoms with Crippen LogP contribution in [0.1, 0.15) is 25.7 Å². The molecule has 63 heavy (non-hydrogen) atoms. The van der Waals surface area contributed by atoms with Crippen LogP contribution >= 0.6 is 0 Å². The third kappa shape index (κ3) is 12.8. The van der Waals surface area contributed by atoms with Crippen LogP contribution in [0.25, 0.3) is 0 Å². The van der Waals surface area contributed by atoms with Crippen LogP contribution in [0.4, 0.5) is 0 Å². The lowest BCUT2D eigenvalue weighted by atomic mass is 9.96. The highest BCUT2D eigenvalue weighted by Crippen LogP contribution is 2.34. The quantitative estimate of drug-likeness (QED) is 0.0955. The Labute approximate surface area is 356 Å². The van der Waals surface area contributed by atoms with Gasteiger partial charge in [-0.1, -0.05) is 0 Å². The van der Waals surface area contributed by atoms with Crippen LogP contribution in [0.3, 0.4) is 0 Å². The first-order valence-corrected chi connectivity index (χ1v) is 19.8. The normalized spacial score (nSPS) is 45.6. The van der Waals surface area contributed by atoms with E-state index in [0.717, 1.165) is 0 Å². The van der Waals surface area contributed by atoms with E-state index in [2.05, 4.69) is 0 Å². The number of aliphatic hydroxyl groups excluding tert-OH is 16. The van der Waals surface area contributed by atoms with Crippen molar-refractivity contribution < 1.29 is 139 Å². The SMILES string of the molecule is O=C1CC(CCO)OC2OC(CO)C(OC3OC(CO)C(OC4OC(CO)C(OC(O)C(O)C(=O)C(CCO)OC(=O)C(O)C(O)C(CCO)O1)C(O)C4O)C(O)C3O)C(O)C2O. The van der Waals surface area contributed by atoms with Crippen molar-refractivity contribution in [2.45, 2.75) is 161 Å². The lowest BCUT2D eigenvalue weighted by molar-refractivity contribution is -0.384. The van der Waals surface area contributed by atoms with Gasteiger partial charge in [0.25, 0.3) is 0 Å². The van der Waals surface area contributed by atoms with Gasteiger partial charge in [0.2, 0.25) is 5.78 Å². The van der Waals surface area contributed by atoms with Crippen molar-refractivity contribution in [3.05, 3.63) is 0 Å². The number of ketones is 1. The molecule has 0 radical (unpaired) electrons. The topological polar surface area (TPSA) is 458 Å². The van der Waals surface area contributed by atoms with E-state index in [1.807, 2.05) is 0 Å². The molecule has 7 aliphatic rings. The van der Waals surface area contributed by atoms with Crippen LogP contribution < -0.4 is 0 Å². The Bertz CT molecular complexity index is 1420. The van der Waals surface area contributed by atoms with E-state index >= 15 is 0 Å². The van der Waals surface area contributed by atoms with Gasteiger partial charge >= 0.3 is 11.9 Å². The summed E-state index contributed by atoms with van der Waals surface area (Å²) in [6.07, 6.45) is -48.2. The first-order valence-electron chi connectivity index (χ1n) is 19.8. The smallest absolute Gasteiger partial charge is 0.338 e. The molecule has 22 unspecified atom stereocenters. The van der Waals surface area contributed by atoms with E-state index in [4.69, 9.17) is 42.6 Å². The molecule has 0 amide bonds. The van der Waals surface area contributed by atoms with E-state index in [-0.39, 0.29) is 6.42 Å². The fourth-order valence-corrected chi connectivity index (χ4v) is 7.19. The largest absolute Gasteiger partial charge is 0.459 e. The van der Waals surface area contributed by atoms with Gasteiger partial charge in [0.15, 0.2) is 43.5 Å². The fourth-order valence-electron chi connectivity index (χ4n) is 7.19. The Morgan fingerprint density at radius 3 is 1.29 bits per heavy atom. The minimum atomic E-state index is -2.70. The van der Waals surface area contributed by atoms with Crippen LogP contribution in [0.5, 0.6) is 0 Å². The molecule has 0 aliphatic carbocycles. The van der Waals surface area contributed by atoms with E-state index in [0.29, 0.717) is 0 Å². The minimum absolute atomic E-state index is 0.384. The second kappa shape index (κ2) is 24.5. The van der Waals surface area contributed by atoms with Crippen molar-refractivity contribution >= 4 is 17.7 Å². The van der Waals surface area contributed by atoms with Crippen molar-refractivity contribution in [3.8, 4) is 0 Å². The van der Waals surface area contributed by atoms with Gasteiger partial charge in [0, 0.05) is 32.7 Å². The van der Waals surface area contributed by atoms with E-state index in [1.54, 1.807) is 0 Å². The third-order valence-electron chi connectivity index (χ3n) is 10.7. The van der Waals surface area contributed by atoms with Gasteiger partial charge in [0.1, 0.15) is 85.5 Å². The summed E-state index contributed by atoms with van der Waals surface area (Å²) in [5.74, 6) is -4.68. The first-order chi connectivity index (χ1) is 29.9. The molecule has 16 N–H and O–H groups in total. The minimum Gasteiger partial charge on any atom is -0.459 e. The molecule has 6 bridgehead atoms. The Morgan fingerprint density at radius 2 is 0.857 bits per heavy atom. The van der Waals surface area contributed by atoms with Crippen LogP contribution in [0.15, 0.2) is 0 Å². The molecule has 7 fully saturated rings. The number of fused-ring (bicyclic) bond motifs is 3. The number of carbonyl (C=O) groups is 3. The molecular formula is C35H58O28. The van der Waals surface area contributed by atoms with E-state index in [9.17, 15) is 96.1 Å². The fraction of sp³-hybridized carbons (Fsp3) is 0.914. The van der Waals surface area contributed by atoms with E-state index in [1.165, 1.54) is 0 Å². The number of hydrogen-bond donors (Lipinski definition) is 16. The number of esters is 2. The highest BCUT2D eigenvalue weighted by atomic mass is 16.8. The zero-order valence-corrected chi connectivity index (χ0v) is 33.3. The second-order valence-corrected chi connectivity index (χ2v) is 15.0. The zero-order valence-electron chi connectivity index (χ0n) is 33.3. The zero-order chi connectivity index (χ0) is 46.9. The number of ether oxygens (including phenoxy) is 9. The molecule has 28 heteroatoms. The van der Waals surface area contributed by atoms with Crippen molar-refractivity contribution in [2.75, 3.05) is 39.6 Å². The molecule has 0 aromatic rings. The highest BCUT2D eigenvalue weighted by molar-refractivity contribution is 5.90. The van der Waals surface area contributed by atoms with Crippen LogP contribution in [-0.2, 0) is 57.0 Å². The summed E-state index contributed by atoms with van der Waals surface area (Å²) in [7, 11) is 0. The van der Waals surface area contributed by atoms with Crippen molar-refractivity contribution in [1.82, 2.24) is 0 Å². The molecule has 22 atom stereocenters. The lowest BCUT2D eigenvalue weighted by Gasteiger charge is -2.48. The average molecular weight is 927 g/mol. The molecule has 7 aliphatic heterocycles. The monoisotopic (exact) mass is 926 g/mol. The molecule has 366 valence electrons. The molecule has 7 heterocycles. The van der Waals surface area contributed by atoms with Gasteiger partial charge in [-0.25, -0.2) is 4.79 Å². The molecular weight excluding hydrogens is 868 g/mol. The van der Waals surface area contributed by atoms with Gasteiger partial charge in [-0.05, 0) is 6.42 Å². The first kappa shape index (κ1) is 53.3. The highest BCUT2D eigenvalue weighted by Gasteiger charge is 2.55. The molecule has 7 saturated heterocycles. The predicted molar refractivity (Wildman–Crippen MR) is 191 cm³/mol. The number of rotatable bonds is 9. The summed E-state index contributed by atoms with van der Waals surface area (Å²) in [5.41, 5.74) is 0. The Balaban J connectivity index is 1.69. The molecule has 0 aromatic heterocycles. The van der Waals surface area contributed by atoms with Gasteiger partial charge in [-0.15, -0.1) is 0 Å². The second-order valence-electron chi connectivity index (χ2n) is 15.0. The van der Waals surface area contributed by atoms with Crippen molar-refractivity contribution in [2.24, 2.45) is 0 Å². The van der Waals surface area contributed by atoms with Gasteiger partial charge in [0.05, 0.1) is 32.3 Å². The predicted octanol–water partition coefficient (Wildman–Crippen LogP) is -10.8. The molecule has 28 nitrogen and oxygen atoms in total. The van der Waals surface area contributed by atoms with Crippen LogP contribution in [0, 0.1) is 0 Å². The molecule has 0 spiro atoms. The summed E-state index contributed by atoms with van der Waals surface area (Å²) in [6, 6.07) is 0. The Kier molecular flexibility index (Phi) is 20.7. The summed E-state index contributed by atoms with van der Waals surface area (Å²) < 4.78 is 48.7. The van der Waals surface area contributed by atoms with Crippen LogP contribution in [0.2, 0.25) is 0 Å². The van der Waals surface area contributed by atoms with Gasteiger partial charge < -0.3 is 124 Å². The maximum Gasteiger partial charge on any atom is 0.338 e. The number of Topliss-reactive ketones (excluding diaryl/α,β-unsaturated/α-hetero) is 1. The van der Waals surface area contributed by atoms with E-state index < -0.39 is 212 Å². The maximum absolute atomic E-state index is 13.2. The summed E-state index contributed by atoms with van der Waals surface area (Å²) >= 11 is 0. The number of carbonyl (C=O) groups excluding carboxylic acids is 3. The van der Waals surface area contributed by atoms with Gasteiger partial charge in [-0.3, -0.25) is 9.59 Å². The summed E-state index contributed by atoms with van der Waals surface area (Å²) in [6.45, 7) is -5.49. The Hall–Kier alpha value is -2.31.